The average Bonchev–Trinajstić information content (AvgIpc) is 2.36. The van der Waals surface area contributed by atoms with E-state index in [1.54, 1.807) is 6.07 Å². The zero-order valence-electron chi connectivity index (χ0n) is 11.5. The molecule has 0 fully saturated rings. The molecule has 0 aliphatic carbocycles. The fourth-order valence-electron chi connectivity index (χ4n) is 1.48. The van der Waals surface area contributed by atoms with E-state index in [0.29, 0.717) is 18.2 Å². The molecule has 0 unspecified atom stereocenters. The van der Waals surface area contributed by atoms with Crippen LogP contribution in [-0.2, 0) is 0 Å². The molecule has 1 amide bonds. The Morgan fingerprint density at radius 2 is 2.11 bits per heavy atom. The average molecular weight is 249 g/mol. The maximum absolute atomic E-state index is 11.9. The first-order valence-corrected chi connectivity index (χ1v) is 6.62. The van der Waals surface area contributed by atoms with E-state index in [0.717, 1.165) is 25.2 Å². The van der Waals surface area contributed by atoms with Crippen molar-refractivity contribution in [2.75, 3.05) is 18.4 Å². The van der Waals surface area contributed by atoms with Gasteiger partial charge in [0.05, 0.1) is 0 Å². The Kier molecular flexibility index (Phi) is 6.19. The molecule has 1 aromatic rings. The Morgan fingerprint density at radius 3 is 2.78 bits per heavy atom. The van der Waals surface area contributed by atoms with Crippen molar-refractivity contribution in [3.05, 3.63) is 23.9 Å². The Morgan fingerprint density at radius 1 is 1.33 bits per heavy atom. The van der Waals surface area contributed by atoms with Gasteiger partial charge in [0, 0.05) is 13.1 Å². The van der Waals surface area contributed by atoms with Crippen LogP contribution >= 0.6 is 0 Å². The van der Waals surface area contributed by atoms with Crippen molar-refractivity contribution < 1.29 is 4.79 Å². The number of hydrogen-bond acceptors (Lipinski definition) is 3. The summed E-state index contributed by atoms with van der Waals surface area (Å²) in [4.78, 5) is 16.1. The second-order valence-electron chi connectivity index (χ2n) is 4.77. The Hall–Kier alpha value is -1.58. The molecule has 0 radical (unpaired) electrons. The number of nitrogens with zero attached hydrogens (tertiary/aromatic N) is 1. The van der Waals surface area contributed by atoms with Crippen LogP contribution in [0.25, 0.3) is 0 Å². The molecule has 1 heterocycles. The van der Waals surface area contributed by atoms with Gasteiger partial charge in [-0.25, -0.2) is 4.98 Å². The lowest BCUT2D eigenvalue weighted by Crippen LogP contribution is -2.26. The van der Waals surface area contributed by atoms with Gasteiger partial charge in [0.15, 0.2) is 0 Å². The lowest BCUT2D eigenvalue weighted by molar-refractivity contribution is 0.0947. The summed E-state index contributed by atoms with van der Waals surface area (Å²) in [6.07, 6.45) is 2.02. The zero-order chi connectivity index (χ0) is 13.4. The van der Waals surface area contributed by atoms with Gasteiger partial charge in [-0.05, 0) is 30.9 Å². The van der Waals surface area contributed by atoms with Gasteiger partial charge < -0.3 is 10.6 Å². The highest BCUT2D eigenvalue weighted by Gasteiger charge is 2.07. The third-order valence-corrected chi connectivity index (χ3v) is 2.55. The molecule has 0 aromatic carbocycles. The molecule has 1 rings (SSSR count). The summed E-state index contributed by atoms with van der Waals surface area (Å²) >= 11 is 0. The fourth-order valence-corrected chi connectivity index (χ4v) is 1.48. The molecule has 1 aromatic heterocycles. The zero-order valence-corrected chi connectivity index (χ0v) is 11.5. The van der Waals surface area contributed by atoms with E-state index in [1.807, 2.05) is 12.1 Å². The fraction of sp³-hybridized carbons (Fsp3) is 0.571. The van der Waals surface area contributed by atoms with Gasteiger partial charge in [-0.1, -0.05) is 26.8 Å². The smallest absolute Gasteiger partial charge is 0.269 e. The van der Waals surface area contributed by atoms with Crippen LogP contribution in [0, 0.1) is 5.92 Å². The molecular weight excluding hydrogens is 226 g/mol. The van der Waals surface area contributed by atoms with Crippen LogP contribution in [0.1, 0.15) is 44.1 Å². The van der Waals surface area contributed by atoms with Crippen LogP contribution in [0.5, 0.6) is 0 Å². The molecule has 100 valence electrons. The lowest BCUT2D eigenvalue weighted by atomic mass is 10.1. The van der Waals surface area contributed by atoms with Gasteiger partial charge in [0.25, 0.3) is 5.91 Å². The SMILES string of the molecule is CCCNc1cccc(C(=O)NCCC(C)C)n1. The summed E-state index contributed by atoms with van der Waals surface area (Å²) in [5.74, 6) is 1.25. The summed E-state index contributed by atoms with van der Waals surface area (Å²) < 4.78 is 0. The number of carbonyl (C=O) groups is 1. The van der Waals surface area contributed by atoms with Crippen molar-refractivity contribution in [3.63, 3.8) is 0 Å². The summed E-state index contributed by atoms with van der Waals surface area (Å²) in [6, 6.07) is 5.46. The molecule has 4 heteroatoms. The van der Waals surface area contributed by atoms with Crippen LogP contribution in [0.15, 0.2) is 18.2 Å². The highest BCUT2D eigenvalue weighted by molar-refractivity contribution is 5.92. The third kappa shape index (κ3) is 5.17. The van der Waals surface area contributed by atoms with Crippen molar-refractivity contribution in [3.8, 4) is 0 Å². The topological polar surface area (TPSA) is 54.0 Å². The van der Waals surface area contributed by atoms with Crippen LogP contribution in [0.2, 0.25) is 0 Å². The predicted octanol–water partition coefficient (Wildman–Crippen LogP) is 2.68. The van der Waals surface area contributed by atoms with Crippen LogP contribution in [0.4, 0.5) is 5.82 Å². The lowest BCUT2D eigenvalue weighted by Gasteiger charge is -2.08. The number of pyridine rings is 1. The number of carbonyl (C=O) groups excluding carboxylic acids is 1. The Bertz CT molecular complexity index is 377. The molecule has 2 N–H and O–H groups in total. The number of amides is 1. The monoisotopic (exact) mass is 249 g/mol. The van der Waals surface area contributed by atoms with E-state index >= 15 is 0 Å². The number of nitrogens with one attached hydrogen (secondary N) is 2. The normalized spacial score (nSPS) is 10.4. The van der Waals surface area contributed by atoms with Gasteiger partial charge >= 0.3 is 0 Å². The maximum atomic E-state index is 11.9. The van der Waals surface area contributed by atoms with Crippen LogP contribution < -0.4 is 10.6 Å². The van der Waals surface area contributed by atoms with Crippen molar-refractivity contribution in [1.82, 2.24) is 10.3 Å². The van der Waals surface area contributed by atoms with Gasteiger partial charge in [-0.15, -0.1) is 0 Å². The number of aromatic nitrogens is 1. The molecule has 0 aliphatic rings. The number of hydrogen-bond donors (Lipinski definition) is 2. The van der Waals surface area contributed by atoms with Gasteiger partial charge in [0.1, 0.15) is 11.5 Å². The molecule has 4 nitrogen and oxygen atoms in total. The predicted molar refractivity (Wildman–Crippen MR) is 74.8 cm³/mol. The van der Waals surface area contributed by atoms with E-state index in [1.165, 1.54) is 0 Å². The van der Waals surface area contributed by atoms with Gasteiger partial charge in [-0.2, -0.15) is 0 Å². The van der Waals surface area contributed by atoms with Crippen molar-refractivity contribution in [1.29, 1.82) is 0 Å². The highest BCUT2D eigenvalue weighted by Crippen LogP contribution is 2.05. The molecule has 0 bridgehead atoms. The van der Waals surface area contributed by atoms with Crippen molar-refractivity contribution in [2.24, 2.45) is 5.92 Å². The second-order valence-corrected chi connectivity index (χ2v) is 4.77. The molecular formula is C14H23N3O. The van der Waals surface area contributed by atoms with E-state index < -0.39 is 0 Å². The highest BCUT2D eigenvalue weighted by atomic mass is 16.1. The Labute approximate surface area is 109 Å². The third-order valence-electron chi connectivity index (χ3n) is 2.55. The standard InChI is InChI=1S/C14H23N3O/c1-4-9-15-13-7-5-6-12(17-13)14(18)16-10-8-11(2)3/h5-7,11H,4,8-10H2,1-3H3,(H,15,17)(H,16,18). The van der Waals surface area contributed by atoms with Gasteiger partial charge in [0.2, 0.25) is 0 Å². The van der Waals surface area contributed by atoms with E-state index in [9.17, 15) is 4.79 Å². The first-order valence-electron chi connectivity index (χ1n) is 6.62. The number of rotatable bonds is 7. The molecule has 0 spiro atoms. The number of anilines is 1. The minimum atomic E-state index is -0.101. The maximum Gasteiger partial charge on any atom is 0.269 e. The molecule has 0 atom stereocenters. The summed E-state index contributed by atoms with van der Waals surface area (Å²) in [6.45, 7) is 7.94. The van der Waals surface area contributed by atoms with Crippen molar-refractivity contribution >= 4 is 11.7 Å². The first kappa shape index (κ1) is 14.5. The van der Waals surface area contributed by atoms with E-state index in [4.69, 9.17) is 0 Å². The Balaban J connectivity index is 2.51. The quantitative estimate of drug-likeness (QED) is 0.781. The summed E-state index contributed by atoms with van der Waals surface area (Å²) in [5, 5.41) is 6.06. The molecule has 0 aliphatic heterocycles. The first-order chi connectivity index (χ1) is 8.63. The van der Waals surface area contributed by atoms with E-state index in [2.05, 4.69) is 36.4 Å². The van der Waals surface area contributed by atoms with Gasteiger partial charge in [-0.3, -0.25) is 4.79 Å². The summed E-state index contributed by atoms with van der Waals surface area (Å²) in [7, 11) is 0. The molecule has 18 heavy (non-hydrogen) atoms. The second kappa shape index (κ2) is 7.69. The molecule has 0 saturated heterocycles. The van der Waals surface area contributed by atoms with Crippen LogP contribution in [-0.4, -0.2) is 24.0 Å². The van der Waals surface area contributed by atoms with Crippen LogP contribution in [0.3, 0.4) is 0 Å². The summed E-state index contributed by atoms with van der Waals surface area (Å²) in [5.41, 5.74) is 0.472. The van der Waals surface area contributed by atoms with E-state index in [-0.39, 0.29) is 5.91 Å². The minimum Gasteiger partial charge on any atom is -0.370 e. The minimum absolute atomic E-state index is 0.101. The molecule has 0 saturated carbocycles. The largest absolute Gasteiger partial charge is 0.370 e. The van der Waals surface area contributed by atoms with Crippen molar-refractivity contribution in [2.45, 2.75) is 33.6 Å².